The summed E-state index contributed by atoms with van der Waals surface area (Å²) < 4.78 is 0.747. The fourth-order valence-corrected chi connectivity index (χ4v) is 2.10. The van der Waals surface area contributed by atoms with E-state index in [0.717, 1.165) is 10.0 Å². The van der Waals surface area contributed by atoms with Gasteiger partial charge in [-0.05, 0) is 65.2 Å². The zero-order chi connectivity index (χ0) is 13.3. The van der Waals surface area contributed by atoms with Gasteiger partial charge in [-0.2, -0.15) is 0 Å². The summed E-state index contributed by atoms with van der Waals surface area (Å²) in [5.74, 6) is 0.0128. The Morgan fingerprint density at radius 3 is 2.22 bits per heavy atom. The molecule has 0 fully saturated rings. The second-order valence-corrected chi connectivity index (χ2v) is 5.22. The molecule has 92 valence electrons. The van der Waals surface area contributed by atoms with Gasteiger partial charge in [0.2, 0.25) is 0 Å². The van der Waals surface area contributed by atoms with Crippen molar-refractivity contribution < 1.29 is 4.79 Å². The van der Waals surface area contributed by atoms with Gasteiger partial charge in [-0.15, -0.1) is 0 Å². The SMILES string of the molecule is Cc1ccc(C(=O)c2ccc(N)c(Br)c2)cc1C. The van der Waals surface area contributed by atoms with Gasteiger partial charge in [0.1, 0.15) is 0 Å². The highest BCUT2D eigenvalue weighted by Crippen LogP contribution is 2.22. The van der Waals surface area contributed by atoms with E-state index in [-0.39, 0.29) is 5.78 Å². The quantitative estimate of drug-likeness (QED) is 0.676. The molecule has 0 heterocycles. The molecule has 2 nitrogen and oxygen atoms in total. The first-order valence-corrected chi connectivity index (χ1v) is 6.45. The Bertz CT molecular complexity index is 566. The summed E-state index contributed by atoms with van der Waals surface area (Å²) in [4.78, 5) is 12.3. The molecule has 0 bridgehead atoms. The lowest BCUT2D eigenvalue weighted by Gasteiger charge is -2.06. The third-order valence-corrected chi connectivity index (χ3v) is 3.72. The Balaban J connectivity index is 2.41. The maximum atomic E-state index is 12.3. The molecule has 0 atom stereocenters. The fourth-order valence-electron chi connectivity index (χ4n) is 1.72. The van der Waals surface area contributed by atoms with E-state index in [1.165, 1.54) is 5.56 Å². The predicted octanol–water partition coefficient (Wildman–Crippen LogP) is 3.88. The lowest BCUT2D eigenvalue weighted by Crippen LogP contribution is -2.02. The van der Waals surface area contributed by atoms with Crippen molar-refractivity contribution in [1.29, 1.82) is 0 Å². The number of nitrogens with two attached hydrogens (primary N) is 1. The molecule has 2 rings (SSSR count). The van der Waals surface area contributed by atoms with Gasteiger partial charge in [-0.1, -0.05) is 12.1 Å². The van der Waals surface area contributed by atoms with Crippen LogP contribution in [-0.4, -0.2) is 5.78 Å². The number of hydrogen-bond donors (Lipinski definition) is 1. The molecule has 0 radical (unpaired) electrons. The van der Waals surface area contributed by atoms with Crippen LogP contribution in [0.15, 0.2) is 40.9 Å². The number of nitrogen functional groups attached to an aromatic ring is 1. The number of aryl methyl sites for hydroxylation is 2. The molecular weight excluding hydrogens is 290 g/mol. The van der Waals surface area contributed by atoms with Gasteiger partial charge >= 0.3 is 0 Å². The van der Waals surface area contributed by atoms with Gasteiger partial charge in [-0.3, -0.25) is 4.79 Å². The Morgan fingerprint density at radius 2 is 1.61 bits per heavy atom. The number of benzene rings is 2. The van der Waals surface area contributed by atoms with E-state index in [2.05, 4.69) is 15.9 Å². The molecule has 2 N–H and O–H groups in total. The van der Waals surface area contributed by atoms with Crippen LogP contribution in [0.5, 0.6) is 0 Å². The van der Waals surface area contributed by atoms with Crippen molar-refractivity contribution in [3.05, 3.63) is 63.1 Å². The van der Waals surface area contributed by atoms with Crippen molar-refractivity contribution in [3.63, 3.8) is 0 Å². The molecule has 0 saturated heterocycles. The molecule has 0 aliphatic carbocycles. The number of ketones is 1. The number of halogens is 1. The average molecular weight is 304 g/mol. The van der Waals surface area contributed by atoms with Gasteiger partial charge in [0.15, 0.2) is 5.78 Å². The van der Waals surface area contributed by atoms with E-state index in [1.807, 2.05) is 32.0 Å². The molecule has 0 aromatic heterocycles. The maximum absolute atomic E-state index is 12.3. The number of anilines is 1. The minimum absolute atomic E-state index is 0.0128. The summed E-state index contributed by atoms with van der Waals surface area (Å²) >= 11 is 3.34. The molecular formula is C15H14BrNO. The third kappa shape index (κ3) is 2.46. The zero-order valence-electron chi connectivity index (χ0n) is 10.3. The van der Waals surface area contributed by atoms with E-state index in [1.54, 1.807) is 18.2 Å². The van der Waals surface area contributed by atoms with E-state index in [0.29, 0.717) is 16.8 Å². The summed E-state index contributed by atoms with van der Waals surface area (Å²) in [7, 11) is 0. The average Bonchev–Trinajstić information content (AvgIpc) is 2.35. The predicted molar refractivity (Wildman–Crippen MR) is 77.9 cm³/mol. The smallest absolute Gasteiger partial charge is 0.193 e. The van der Waals surface area contributed by atoms with Crippen molar-refractivity contribution in [2.75, 3.05) is 5.73 Å². The summed E-state index contributed by atoms with van der Waals surface area (Å²) in [6.45, 7) is 4.04. The van der Waals surface area contributed by atoms with Crippen LogP contribution in [0, 0.1) is 13.8 Å². The highest BCUT2D eigenvalue weighted by atomic mass is 79.9. The molecule has 0 saturated carbocycles. The van der Waals surface area contributed by atoms with Crippen LogP contribution in [0.3, 0.4) is 0 Å². The third-order valence-electron chi connectivity index (χ3n) is 3.03. The van der Waals surface area contributed by atoms with Gasteiger partial charge < -0.3 is 5.73 Å². The number of carbonyl (C=O) groups excluding carboxylic acids is 1. The molecule has 2 aromatic rings. The van der Waals surface area contributed by atoms with Crippen molar-refractivity contribution in [1.82, 2.24) is 0 Å². The topological polar surface area (TPSA) is 43.1 Å². The van der Waals surface area contributed by atoms with Crippen molar-refractivity contribution >= 4 is 27.4 Å². The van der Waals surface area contributed by atoms with E-state index < -0.39 is 0 Å². The molecule has 0 spiro atoms. The normalized spacial score (nSPS) is 10.4. The van der Waals surface area contributed by atoms with Crippen molar-refractivity contribution in [2.24, 2.45) is 0 Å². The van der Waals surface area contributed by atoms with Crippen LogP contribution in [-0.2, 0) is 0 Å². The highest BCUT2D eigenvalue weighted by Gasteiger charge is 2.11. The van der Waals surface area contributed by atoms with Gasteiger partial charge in [-0.25, -0.2) is 0 Å². The monoisotopic (exact) mass is 303 g/mol. The van der Waals surface area contributed by atoms with Gasteiger partial charge in [0.05, 0.1) is 0 Å². The van der Waals surface area contributed by atoms with E-state index in [4.69, 9.17) is 5.73 Å². The van der Waals surface area contributed by atoms with Crippen LogP contribution >= 0.6 is 15.9 Å². The molecule has 2 aromatic carbocycles. The van der Waals surface area contributed by atoms with Crippen LogP contribution < -0.4 is 5.73 Å². The largest absolute Gasteiger partial charge is 0.398 e. The molecule has 0 unspecified atom stereocenters. The van der Waals surface area contributed by atoms with Crippen LogP contribution in [0.1, 0.15) is 27.0 Å². The summed E-state index contributed by atoms with van der Waals surface area (Å²) in [6.07, 6.45) is 0. The molecule has 18 heavy (non-hydrogen) atoms. The summed E-state index contributed by atoms with van der Waals surface area (Å²) in [5.41, 5.74) is 9.99. The van der Waals surface area contributed by atoms with E-state index >= 15 is 0 Å². The summed E-state index contributed by atoms with van der Waals surface area (Å²) in [6, 6.07) is 11.0. The van der Waals surface area contributed by atoms with Crippen molar-refractivity contribution in [2.45, 2.75) is 13.8 Å². The first kappa shape index (κ1) is 12.8. The van der Waals surface area contributed by atoms with Gasteiger partial charge in [0, 0.05) is 21.3 Å². The fraction of sp³-hybridized carbons (Fsp3) is 0.133. The lowest BCUT2D eigenvalue weighted by atomic mass is 9.99. The molecule has 0 aliphatic rings. The van der Waals surface area contributed by atoms with Crippen molar-refractivity contribution in [3.8, 4) is 0 Å². The number of hydrogen-bond acceptors (Lipinski definition) is 2. The number of carbonyl (C=O) groups is 1. The van der Waals surface area contributed by atoms with E-state index in [9.17, 15) is 4.79 Å². The Labute approximate surface area is 115 Å². The number of rotatable bonds is 2. The van der Waals surface area contributed by atoms with Crippen LogP contribution in [0.2, 0.25) is 0 Å². The minimum atomic E-state index is 0.0128. The van der Waals surface area contributed by atoms with Crippen LogP contribution in [0.25, 0.3) is 0 Å². The molecule has 3 heteroatoms. The lowest BCUT2D eigenvalue weighted by molar-refractivity contribution is 0.103. The summed E-state index contributed by atoms with van der Waals surface area (Å²) in [5, 5.41) is 0. The Morgan fingerprint density at radius 1 is 1.00 bits per heavy atom. The second kappa shape index (κ2) is 4.94. The molecule has 0 aliphatic heterocycles. The Hall–Kier alpha value is -1.61. The first-order chi connectivity index (χ1) is 8.49. The minimum Gasteiger partial charge on any atom is -0.398 e. The first-order valence-electron chi connectivity index (χ1n) is 5.66. The highest BCUT2D eigenvalue weighted by molar-refractivity contribution is 9.10. The Kier molecular flexibility index (Phi) is 3.53. The molecule has 0 amide bonds. The maximum Gasteiger partial charge on any atom is 0.193 e. The standard InChI is InChI=1S/C15H14BrNO/c1-9-3-4-11(7-10(9)2)15(18)12-5-6-14(17)13(16)8-12/h3-8H,17H2,1-2H3. The van der Waals surface area contributed by atoms with Gasteiger partial charge in [0.25, 0.3) is 0 Å². The zero-order valence-corrected chi connectivity index (χ0v) is 11.9. The van der Waals surface area contributed by atoms with Crippen LogP contribution in [0.4, 0.5) is 5.69 Å². The second-order valence-electron chi connectivity index (χ2n) is 4.36.